The number of hydrogen-bond acceptors (Lipinski definition) is 4. The number of aliphatic hydroxyl groups excluding tert-OH is 1. The molecule has 2 N–H and O–H groups in total. The Morgan fingerprint density at radius 1 is 1.43 bits per heavy atom. The van der Waals surface area contributed by atoms with Gasteiger partial charge in [0, 0.05) is 37.8 Å². The van der Waals surface area contributed by atoms with Gasteiger partial charge in [-0.3, -0.25) is 4.90 Å². The quantitative estimate of drug-likeness (QED) is 0.885. The van der Waals surface area contributed by atoms with Crippen LogP contribution in [0.3, 0.4) is 0 Å². The number of aromatic amines is 1. The Balaban J connectivity index is 1.62. The first kappa shape index (κ1) is 16.0. The van der Waals surface area contributed by atoms with Crippen molar-refractivity contribution in [2.75, 3.05) is 13.1 Å². The van der Waals surface area contributed by atoms with Crippen LogP contribution in [-0.4, -0.2) is 45.3 Å². The molecule has 124 valence electrons. The maximum absolute atomic E-state index is 13.2. The normalized spacial score (nSPS) is 21.7. The van der Waals surface area contributed by atoms with E-state index in [9.17, 15) is 9.50 Å². The lowest BCUT2D eigenvalue weighted by atomic mass is 10.2. The lowest BCUT2D eigenvalue weighted by Crippen LogP contribution is -2.30. The van der Waals surface area contributed by atoms with Crippen LogP contribution in [0.15, 0.2) is 24.3 Å². The van der Waals surface area contributed by atoms with Crippen LogP contribution in [0.25, 0.3) is 0 Å². The molecule has 0 unspecified atom stereocenters. The van der Waals surface area contributed by atoms with Gasteiger partial charge in [0.15, 0.2) is 0 Å². The average molecular weight is 319 g/mol. The molecule has 2 heterocycles. The number of halogens is 1. The van der Waals surface area contributed by atoms with Gasteiger partial charge in [0.05, 0.1) is 5.69 Å². The third-order valence-corrected chi connectivity index (χ3v) is 4.14. The van der Waals surface area contributed by atoms with Crippen LogP contribution in [0.4, 0.5) is 4.39 Å². The van der Waals surface area contributed by atoms with Crippen molar-refractivity contribution in [3.8, 4) is 5.75 Å². The van der Waals surface area contributed by atoms with E-state index in [0.717, 1.165) is 23.6 Å². The van der Waals surface area contributed by atoms with Crippen LogP contribution in [0.1, 0.15) is 24.1 Å². The van der Waals surface area contributed by atoms with E-state index in [2.05, 4.69) is 21.8 Å². The summed E-state index contributed by atoms with van der Waals surface area (Å²) < 4.78 is 19.0. The third kappa shape index (κ3) is 3.71. The van der Waals surface area contributed by atoms with Crippen LogP contribution in [0, 0.1) is 12.7 Å². The summed E-state index contributed by atoms with van der Waals surface area (Å²) in [6, 6.07) is 6.00. The minimum Gasteiger partial charge on any atom is -0.486 e. The van der Waals surface area contributed by atoms with Gasteiger partial charge in [0.1, 0.15) is 29.6 Å². The number of ether oxygens (including phenoxy) is 1. The summed E-state index contributed by atoms with van der Waals surface area (Å²) in [4.78, 5) is 9.94. The number of aromatic nitrogens is 2. The number of likely N-dealkylation sites (tertiary alicyclic amines) is 1. The summed E-state index contributed by atoms with van der Waals surface area (Å²) in [6.45, 7) is 5.85. The second-order valence-corrected chi connectivity index (χ2v) is 5.98. The predicted octanol–water partition coefficient (Wildman–Crippen LogP) is 2.04. The minimum atomic E-state index is -0.594. The van der Waals surface area contributed by atoms with Crippen molar-refractivity contribution in [2.24, 2.45) is 0 Å². The largest absolute Gasteiger partial charge is 0.486 e. The molecule has 2 atom stereocenters. The van der Waals surface area contributed by atoms with Gasteiger partial charge in [-0.2, -0.15) is 0 Å². The van der Waals surface area contributed by atoms with Crippen molar-refractivity contribution in [1.29, 1.82) is 0 Å². The molecule has 0 spiro atoms. The predicted molar refractivity (Wildman–Crippen MR) is 84.8 cm³/mol. The van der Waals surface area contributed by atoms with Crippen molar-refractivity contribution in [1.82, 2.24) is 14.9 Å². The second kappa shape index (κ2) is 6.68. The van der Waals surface area contributed by atoms with Gasteiger partial charge in [-0.05, 0) is 19.1 Å². The molecule has 1 saturated heterocycles. The fourth-order valence-corrected chi connectivity index (χ4v) is 2.89. The van der Waals surface area contributed by atoms with E-state index in [4.69, 9.17) is 4.74 Å². The van der Waals surface area contributed by atoms with E-state index in [0.29, 0.717) is 25.4 Å². The number of rotatable bonds is 5. The monoisotopic (exact) mass is 319 g/mol. The zero-order chi connectivity index (χ0) is 16.4. The number of aliphatic hydroxyl groups is 1. The third-order valence-electron chi connectivity index (χ3n) is 4.14. The maximum Gasteiger partial charge on any atom is 0.138 e. The summed E-state index contributed by atoms with van der Waals surface area (Å²) >= 11 is 0. The SMILES string of the molecule is CCc1nc(CN2C[C@@H](O)[C@H](Oc3cccc(F)c3)C2)c(C)[nH]1. The van der Waals surface area contributed by atoms with Crippen molar-refractivity contribution in [2.45, 2.75) is 39.0 Å². The van der Waals surface area contributed by atoms with Gasteiger partial charge in [-0.1, -0.05) is 13.0 Å². The van der Waals surface area contributed by atoms with E-state index < -0.39 is 6.10 Å². The molecule has 6 heteroatoms. The average Bonchev–Trinajstić information content (AvgIpc) is 3.03. The Bertz CT molecular complexity index is 674. The standard InChI is InChI=1S/C17H22FN3O2/c1-3-17-19-11(2)14(20-17)8-21-9-15(22)16(10-21)23-13-6-4-5-12(18)7-13/h4-7,15-16,22H,3,8-10H2,1-2H3,(H,19,20)/t15-,16-/m1/s1. The molecule has 23 heavy (non-hydrogen) atoms. The van der Waals surface area contributed by atoms with Crippen LogP contribution < -0.4 is 4.74 Å². The zero-order valence-corrected chi connectivity index (χ0v) is 13.4. The molecule has 2 aromatic rings. The number of aryl methyl sites for hydroxylation is 2. The molecule has 1 fully saturated rings. The van der Waals surface area contributed by atoms with Crippen molar-refractivity contribution in [3.05, 3.63) is 47.3 Å². The number of β-amino-alcohol motifs (C(OH)–C–C–N with tert-alkyl or cyclic N) is 1. The highest BCUT2D eigenvalue weighted by atomic mass is 19.1. The number of nitrogens with one attached hydrogen (secondary N) is 1. The molecular weight excluding hydrogens is 297 g/mol. The Kier molecular flexibility index (Phi) is 4.63. The summed E-state index contributed by atoms with van der Waals surface area (Å²) in [6.07, 6.45) is -0.0840. The van der Waals surface area contributed by atoms with Crippen molar-refractivity contribution < 1.29 is 14.2 Å². The summed E-state index contributed by atoms with van der Waals surface area (Å²) in [5.41, 5.74) is 2.06. The lowest BCUT2D eigenvalue weighted by molar-refractivity contribution is 0.0734. The lowest BCUT2D eigenvalue weighted by Gasteiger charge is -2.17. The first-order valence-electron chi connectivity index (χ1n) is 7.92. The first-order chi connectivity index (χ1) is 11.0. The summed E-state index contributed by atoms with van der Waals surface area (Å²) in [7, 11) is 0. The Hall–Kier alpha value is -1.92. The van der Waals surface area contributed by atoms with Gasteiger partial charge >= 0.3 is 0 Å². The van der Waals surface area contributed by atoms with E-state index in [1.54, 1.807) is 12.1 Å². The fourth-order valence-electron chi connectivity index (χ4n) is 2.89. The number of benzene rings is 1. The molecule has 1 aliphatic rings. The molecule has 0 radical (unpaired) electrons. The first-order valence-corrected chi connectivity index (χ1v) is 7.92. The number of hydrogen-bond donors (Lipinski definition) is 2. The van der Waals surface area contributed by atoms with Crippen molar-refractivity contribution in [3.63, 3.8) is 0 Å². The topological polar surface area (TPSA) is 61.4 Å². The second-order valence-electron chi connectivity index (χ2n) is 5.98. The minimum absolute atomic E-state index is 0.342. The van der Waals surface area contributed by atoms with E-state index in [1.165, 1.54) is 12.1 Å². The van der Waals surface area contributed by atoms with Gasteiger partial charge in [0.25, 0.3) is 0 Å². The van der Waals surface area contributed by atoms with Crippen LogP contribution in [0.5, 0.6) is 5.75 Å². The summed E-state index contributed by atoms with van der Waals surface area (Å²) in [5, 5.41) is 10.2. The molecule has 1 aromatic heterocycles. The highest BCUT2D eigenvalue weighted by molar-refractivity contribution is 5.23. The van der Waals surface area contributed by atoms with Crippen LogP contribution >= 0.6 is 0 Å². The highest BCUT2D eigenvalue weighted by Crippen LogP contribution is 2.21. The molecule has 0 amide bonds. The molecular formula is C17H22FN3O2. The maximum atomic E-state index is 13.2. The number of imidazole rings is 1. The fraction of sp³-hybridized carbons (Fsp3) is 0.471. The molecule has 5 nitrogen and oxygen atoms in total. The van der Waals surface area contributed by atoms with Gasteiger partial charge in [-0.15, -0.1) is 0 Å². The van der Waals surface area contributed by atoms with Crippen LogP contribution in [-0.2, 0) is 13.0 Å². The van der Waals surface area contributed by atoms with Gasteiger partial charge < -0.3 is 14.8 Å². The molecule has 0 saturated carbocycles. The van der Waals surface area contributed by atoms with Crippen LogP contribution in [0.2, 0.25) is 0 Å². The van der Waals surface area contributed by atoms with E-state index >= 15 is 0 Å². The zero-order valence-electron chi connectivity index (χ0n) is 13.4. The smallest absolute Gasteiger partial charge is 0.138 e. The molecule has 3 rings (SSSR count). The molecule has 1 aromatic carbocycles. The van der Waals surface area contributed by atoms with Gasteiger partial charge in [0.2, 0.25) is 0 Å². The van der Waals surface area contributed by atoms with E-state index in [1.807, 2.05) is 6.92 Å². The van der Waals surface area contributed by atoms with Crippen molar-refractivity contribution >= 4 is 0 Å². The number of H-pyrrole nitrogens is 1. The Morgan fingerprint density at radius 3 is 2.96 bits per heavy atom. The summed E-state index contributed by atoms with van der Waals surface area (Å²) in [5.74, 6) is 1.08. The van der Waals surface area contributed by atoms with Gasteiger partial charge in [-0.25, -0.2) is 9.37 Å². The number of nitrogens with zero attached hydrogens (tertiary/aromatic N) is 2. The molecule has 0 aliphatic carbocycles. The Labute approximate surface area is 135 Å². The van der Waals surface area contributed by atoms with E-state index in [-0.39, 0.29) is 11.9 Å². The molecule has 1 aliphatic heterocycles. The highest BCUT2D eigenvalue weighted by Gasteiger charge is 2.33. The Morgan fingerprint density at radius 2 is 2.26 bits per heavy atom. The molecule has 0 bridgehead atoms.